The normalized spacial score (nSPS) is 31.7. The molecule has 1 rings (SSSR count). The van der Waals surface area contributed by atoms with Gasteiger partial charge in [0.15, 0.2) is 0 Å². The first-order valence-electron chi connectivity index (χ1n) is 5.59. The minimum Gasteiger partial charge on any atom is -0.466 e. The molecule has 88 valence electrons. The number of hydrogen-bond acceptors (Lipinski definition) is 4. The Morgan fingerprint density at radius 2 is 2.13 bits per heavy atom. The number of esters is 1. The second-order valence-electron chi connectivity index (χ2n) is 4.31. The Bertz CT molecular complexity index is 218. The molecule has 0 aromatic carbocycles. The maximum absolute atomic E-state index is 11.6. The van der Waals surface area contributed by atoms with Crippen molar-refractivity contribution in [2.45, 2.75) is 38.3 Å². The number of hydrogen-bond donors (Lipinski definition) is 1. The van der Waals surface area contributed by atoms with E-state index in [1.54, 1.807) is 6.92 Å². The molecule has 0 heterocycles. The molecule has 3 atom stereocenters. The Hall–Kier alpha value is -0.610. The van der Waals surface area contributed by atoms with Gasteiger partial charge in [0.05, 0.1) is 18.6 Å². The van der Waals surface area contributed by atoms with Crippen LogP contribution in [0.4, 0.5) is 0 Å². The summed E-state index contributed by atoms with van der Waals surface area (Å²) in [6, 6.07) is 0.0770. The topological polar surface area (TPSA) is 49.8 Å². The van der Waals surface area contributed by atoms with Crippen molar-refractivity contribution in [3.63, 3.8) is 0 Å². The van der Waals surface area contributed by atoms with Gasteiger partial charge in [-0.3, -0.25) is 4.79 Å². The molecule has 0 radical (unpaired) electrons. The summed E-state index contributed by atoms with van der Waals surface area (Å²) in [5, 5.41) is 10.1. The van der Waals surface area contributed by atoms with Gasteiger partial charge in [-0.25, -0.2) is 0 Å². The molecule has 0 unspecified atom stereocenters. The fourth-order valence-corrected chi connectivity index (χ4v) is 2.23. The van der Waals surface area contributed by atoms with Crippen molar-refractivity contribution in [1.82, 2.24) is 4.90 Å². The molecule has 0 bridgehead atoms. The quantitative estimate of drug-likeness (QED) is 0.702. The van der Waals surface area contributed by atoms with Gasteiger partial charge >= 0.3 is 5.97 Å². The second kappa shape index (κ2) is 5.47. The zero-order chi connectivity index (χ0) is 11.4. The van der Waals surface area contributed by atoms with E-state index in [0.29, 0.717) is 6.61 Å². The molecule has 0 saturated heterocycles. The highest BCUT2D eigenvalue weighted by molar-refractivity contribution is 5.73. The van der Waals surface area contributed by atoms with Crippen molar-refractivity contribution in [3.05, 3.63) is 0 Å². The Morgan fingerprint density at radius 1 is 1.47 bits per heavy atom. The minimum atomic E-state index is -0.590. The lowest BCUT2D eigenvalue weighted by Gasteiger charge is -2.37. The summed E-state index contributed by atoms with van der Waals surface area (Å²) in [6.07, 6.45) is 2.07. The highest BCUT2D eigenvalue weighted by atomic mass is 16.5. The van der Waals surface area contributed by atoms with Gasteiger partial charge in [-0.1, -0.05) is 6.42 Å². The molecule has 4 nitrogen and oxygen atoms in total. The lowest BCUT2D eigenvalue weighted by atomic mass is 9.82. The third-order valence-corrected chi connectivity index (χ3v) is 3.07. The average molecular weight is 215 g/mol. The van der Waals surface area contributed by atoms with E-state index >= 15 is 0 Å². The molecule has 1 saturated carbocycles. The smallest absolute Gasteiger partial charge is 0.311 e. The SMILES string of the molecule is CCOC(=O)[C@H]1CCC[C@@H](N(C)C)[C@H]1O. The molecular weight excluding hydrogens is 194 g/mol. The van der Waals surface area contributed by atoms with Crippen LogP contribution in [0.1, 0.15) is 26.2 Å². The summed E-state index contributed by atoms with van der Waals surface area (Å²) in [4.78, 5) is 13.6. The van der Waals surface area contributed by atoms with Crippen LogP contribution in [0.2, 0.25) is 0 Å². The van der Waals surface area contributed by atoms with E-state index in [-0.39, 0.29) is 17.9 Å². The number of nitrogens with zero attached hydrogens (tertiary/aromatic N) is 1. The van der Waals surface area contributed by atoms with Gasteiger partial charge in [-0.2, -0.15) is 0 Å². The van der Waals surface area contributed by atoms with Crippen LogP contribution in [-0.2, 0) is 9.53 Å². The molecule has 1 fully saturated rings. The highest BCUT2D eigenvalue weighted by Crippen LogP contribution is 2.28. The van der Waals surface area contributed by atoms with Crippen molar-refractivity contribution in [1.29, 1.82) is 0 Å². The third-order valence-electron chi connectivity index (χ3n) is 3.07. The van der Waals surface area contributed by atoms with E-state index in [0.717, 1.165) is 19.3 Å². The number of carbonyl (C=O) groups is 1. The Labute approximate surface area is 91.2 Å². The molecule has 1 aliphatic carbocycles. The lowest BCUT2D eigenvalue weighted by molar-refractivity contribution is -0.156. The van der Waals surface area contributed by atoms with Gasteiger partial charge in [-0.15, -0.1) is 0 Å². The Morgan fingerprint density at radius 3 is 2.67 bits per heavy atom. The second-order valence-corrected chi connectivity index (χ2v) is 4.31. The summed E-state index contributed by atoms with van der Waals surface area (Å²) >= 11 is 0. The van der Waals surface area contributed by atoms with Crippen LogP contribution in [0.3, 0.4) is 0 Å². The summed E-state index contributed by atoms with van der Waals surface area (Å²) < 4.78 is 4.96. The minimum absolute atomic E-state index is 0.0770. The number of aliphatic hydroxyl groups excluding tert-OH is 1. The fourth-order valence-electron chi connectivity index (χ4n) is 2.23. The first-order chi connectivity index (χ1) is 7.07. The van der Waals surface area contributed by atoms with E-state index in [4.69, 9.17) is 4.74 Å². The number of carbonyl (C=O) groups excluding carboxylic acids is 1. The van der Waals surface area contributed by atoms with Crippen molar-refractivity contribution >= 4 is 5.97 Å². The monoisotopic (exact) mass is 215 g/mol. The Balaban J connectivity index is 2.61. The number of likely N-dealkylation sites (N-methyl/N-ethyl adjacent to an activating group) is 1. The molecule has 1 N–H and O–H groups in total. The molecule has 1 aliphatic rings. The van der Waals surface area contributed by atoms with E-state index in [2.05, 4.69) is 0 Å². The van der Waals surface area contributed by atoms with E-state index < -0.39 is 6.10 Å². The number of aliphatic hydroxyl groups is 1. The van der Waals surface area contributed by atoms with E-state index in [9.17, 15) is 9.90 Å². The highest BCUT2D eigenvalue weighted by Gasteiger charge is 2.37. The van der Waals surface area contributed by atoms with Crippen LogP contribution in [-0.4, -0.2) is 48.8 Å². The molecule has 15 heavy (non-hydrogen) atoms. The zero-order valence-electron chi connectivity index (χ0n) is 9.77. The van der Waals surface area contributed by atoms with Gasteiger partial charge in [0, 0.05) is 6.04 Å². The first-order valence-corrected chi connectivity index (χ1v) is 5.59. The summed E-state index contributed by atoms with van der Waals surface area (Å²) in [5.74, 6) is -0.595. The molecule has 0 amide bonds. The van der Waals surface area contributed by atoms with E-state index in [1.165, 1.54) is 0 Å². The van der Waals surface area contributed by atoms with Crippen LogP contribution < -0.4 is 0 Å². The average Bonchev–Trinajstić information content (AvgIpc) is 2.17. The fraction of sp³-hybridized carbons (Fsp3) is 0.909. The van der Waals surface area contributed by atoms with Crippen LogP contribution in [0, 0.1) is 5.92 Å². The molecule has 0 aliphatic heterocycles. The predicted octanol–water partition coefficient (Wildman–Crippen LogP) is 0.641. The molecule has 4 heteroatoms. The summed E-state index contributed by atoms with van der Waals surface area (Å²) in [7, 11) is 3.86. The standard InChI is InChI=1S/C11H21NO3/c1-4-15-11(14)8-6-5-7-9(10(8)13)12(2)3/h8-10,13H,4-7H2,1-3H3/t8-,9+,10-/m0/s1. The van der Waals surface area contributed by atoms with Crippen LogP contribution in [0.15, 0.2) is 0 Å². The van der Waals surface area contributed by atoms with Crippen molar-refractivity contribution in [3.8, 4) is 0 Å². The summed E-state index contributed by atoms with van der Waals surface area (Å²) in [6.45, 7) is 2.17. The maximum Gasteiger partial charge on any atom is 0.311 e. The van der Waals surface area contributed by atoms with Crippen molar-refractivity contribution in [2.75, 3.05) is 20.7 Å². The van der Waals surface area contributed by atoms with Gasteiger partial charge in [0.25, 0.3) is 0 Å². The van der Waals surface area contributed by atoms with Gasteiger partial charge in [0.2, 0.25) is 0 Å². The van der Waals surface area contributed by atoms with Gasteiger partial charge in [-0.05, 0) is 33.9 Å². The van der Waals surface area contributed by atoms with Crippen molar-refractivity contribution in [2.24, 2.45) is 5.92 Å². The van der Waals surface area contributed by atoms with Crippen LogP contribution in [0.25, 0.3) is 0 Å². The lowest BCUT2D eigenvalue weighted by Crippen LogP contribution is -2.48. The zero-order valence-corrected chi connectivity index (χ0v) is 9.77. The van der Waals surface area contributed by atoms with Crippen LogP contribution >= 0.6 is 0 Å². The maximum atomic E-state index is 11.6. The third kappa shape index (κ3) is 2.92. The molecule has 0 spiro atoms. The van der Waals surface area contributed by atoms with Crippen LogP contribution in [0.5, 0.6) is 0 Å². The number of ether oxygens (including phenoxy) is 1. The van der Waals surface area contributed by atoms with Gasteiger partial charge in [0.1, 0.15) is 0 Å². The number of rotatable bonds is 3. The first kappa shape index (κ1) is 12.5. The Kier molecular flexibility index (Phi) is 4.54. The van der Waals surface area contributed by atoms with E-state index in [1.807, 2.05) is 19.0 Å². The molecule has 0 aromatic rings. The summed E-state index contributed by atoms with van der Waals surface area (Å²) in [5.41, 5.74) is 0. The van der Waals surface area contributed by atoms with Crippen molar-refractivity contribution < 1.29 is 14.6 Å². The molecular formula is C11H21NO3. The molecule has 0 aromatic heterocycles. The predicted molar refractivity (Wildman–Crippen MR) is 57.5 cm³/mol. The van der Waals surface area contributed by atoms with Gasteiger partial charge < -0.3 is 14.7 Å². The largest absolute Gasteiger partial charge is 0.466 e.